The molecule has 3 rings (SSSR count). The standard InChI is InChI=1S/C19H22Cl2FN7O2/c1-24-19-27-17(23)16-18(28-19)29(10-26-16)6-2-3-7-31-14(30)9-25-8-11-12(20)4-5-13(21)15(11)22/h4-5,10,25H,2-3,6-9H2,1H3,(H3,23,24,27,28). The number of hydrogen-bond acceptors (Lipinski definition) is 8. The van der Waals surface area contributed by atoms with Crippen molar-refractivity contribution in [2.24, 2.45) is 0 Å². The lowest BCUT2D eigenvalue weighted by molar-refractivity contribution is -0.142. The predicted octanol–water partition coefficient (Wildman–Crippen LogP) is 3.01. The number of fused-ring (bicyclic) bond motifs is 1. The Balaban J connectivity index is 1.39. The molecule has 0 spiro atoms. The number of unbranched alkanes of at least 4 members (excludes halogenated alkanes) is 1. The van der Waals surface area contributed by atoms with E-state index in [1.807, 2.05) is 4.57 Å². The average molecular weight is 470 g/mol. The van der Waals surface area contributed by atoms with Crippen LogP contribution in [0.15, 0.2) is 18.5 Å². The van der Waals surface area contributed by atoms with Crippen molar-refractivity contribution in [2.45, 2.75) is 25.9 Å². The molecular weight excluding hydrogens is 448 g/mol. The van der Waals surface area contributed by atoms with Crippen molar-refractivity contribution in [1.29, 1.82) is 0 Å². The van der Waals surface area contributed by atoms with Gasteiger partial charge < -0.3 is 25.7 Å². The SMILES string of the molecule is CNc1nc(N)c2ncn(CCCCOC(=O)CNCc3c(Cl)ccc(Cl)c3F)c2n1. The van der Waals surface area contributed by atoms with E-state index in [1.54, 1.807) is 13.4 Å². The van der Waals surface area contributed by atoms with Gasteiger partial charge in [-0.05, 0) is 25.0 Å². The fourth-order valence-corrected chi connectivity index (χ4v) is 3.27. The number of aromatic nitrogens is 4. The van der Waals surface area contributed by atoms with Crippen LogP contribution in [0.3, 0.4) is 0 Å². The van der Waals surface area contributed by atoms with Crippen LogP contribution in [0.2, 0.25) is 10.0 Å². The van der Waals surface area contributed by atoms with E-state index in [1.165, 1.54) is 12.1 Å². The third-order valence-electron chi connectivity index (χ3n) is 4.48. The van der Waals surface area contributed by atoms with Gasteiger partial charge in [0.05, 0.1) is 24.5 Å². The Morgan fingerprint density at radius 1 is 1.26 bits per heavy atom. The summed E-state index contributed by atoms with van der Waals surface area (Å²) in [4.78, 5) is 24.6. The third-order valence-corrected chi connectivity index (χ3v) is 5.13. The Kier molecular flexibility index (Phi) is 7.83. The minimum Gasteiger partial charge on any atom is -0.465 e. The molecule has 0 atom stereocenters. The van der Waals surface area contributed by atoms with E-state index in [9.17, 15) is 9.18 Å². The monoisotopic (exact) mass is 469 g/mol. The summed E-state index contributed by atoms with van der Waals surface area (Å²) < 4.78 is 21.0. The largest absolute Gasteiger partial charge is 0.465 e. The van der Waals surface area contributed by atoms with Gasteiger partial charge in [-0.3, -0.25) is 4.79 Å². The van der Waals surface area contributed by atoms with E-state index in [2.05, 4.69) is 25.6 Å². The van der Waals surface area contributed by atoms with Gasteiger partial charge in [0, 0.05) is 30.7 Å². The number of esters is 1. The van der Waals surface area contributed by atoms with Crippen LogP contribution in [-0.2, 0) is 22.6 Å². The molecule has 0 amide bonds. The van der Waals surface area contributed by atoms with Crippen LogP contribution < -0.4 is 16.4 Å². The normalized spacial score (nSPS) is 11.1. The van der Waals surface area contributed by atoms with Crippen LogP contribution in [0.1, 0.15) is 18.4 Å². The molecule has 0 fully saturated rings. The highest BCUT2D eigenvalue weighted by Crippen LogP contribution is 2.25. The number of ether oxygens (including phenoxy) is 1. The third kappa shape index (κ3) is 5.72. The number of carbonyl (C=O) groups is 1. The first-order valence-corrected chi connectivity index (χ1v) is 10.3. The number of nitrogens with one attached hydrogen (secondary N) is 2. The molecule has 166 valence electrons. The molecule has 0 radical (unpaired) electrons. The van der Waals surface area contributed by atoms with Crippen molar-refractivity contribution in [3.05, 3.63) is 39.9 Å². The zero-order valence-electron chi connectivity index (χ0n) is 16.8. The van der Waals surface area contributed by atoms with Gasteiger partial charge in [-0.2, -0.15) is 9.97 Å². The first-order chi connectivity index (χ1) is 14.9. The summed E-state index contributed by atoms with van der Waals surface area (Å²) in [5.41, 5.74) is 7.29. The molecular formula is C19H22Cl2FN7O2. The summed E-state index contributed by atoms with van der Waals surface area (Å²) in [7, 11) is 1.71. The maximum absolute atomic E-state index is 14.0. The number of nitrogens with zero attached hydrogens (tertiary/aromatic N) is 4. The molecule has 9 nitrogen and oxygen atoms in total. The summed E-state index contributed by atoms with van der Waals surface area (Å²) in [6, 6.07) is 2.89. The molecule has 0 saturated carbocycles. The Labute approximate surface area is 188 Å². The smallest absolute Gasteiger partial charge is 0.319 e. The number of benzene rings is 1. The van der Waals surface area contributed by atoms with Crippen molar-refractivity contribution in [2.75, 3.05) is 31.2 Å². The van der Waals surface area contributed by atoms with Gasteiger partial charge in [-0.15, -0.1) is 0 Å². The summed E-state index contributed by atoms with van der Waals surface area (Å²) in [5.74, 6) is -0.303. The fraction of sp³-hybridized carbons (Fsp3) is 0.368. The van der Waals surface area contributed by atoms with Crippen molar-refractivity contribution in [3.63, 3.8) is 0 Å². The number of nitrogens with two attached hydrogens (primary N) is 1. The van der Waals surface area contributed by atoms with Crippen molar-refractivity contribution >= 4 is 52.1 Å². The van der Waals surface area contributed by atoms with Crippen LogP contribution in [0.4, 0.5) is 16.2 Å². The lowest BCUT2D eigenvalue weighted by Crippen LogP contribution is -2.25. The molecule has 12 heteroatoms. The maximum Gasteiger partial charge on any atom is 0.319 e. The minimum absolute atomic E-state index is 0.0224. The molecule has 0 saturated heterocycles. The summed E-state index contributed by atoms with van der Waals surface area (Å²) >= 11 is 11.7. The van der Waals surface area contributed by atoms with Gasteiger partial charge in [-0.1, -0.05) is 23.2 Å². The second-order valence-corrected chi connectivity index (χ2v) is 7.46. The summed E-state index contributed by atoms with van der Waals surface area (Å²) in [5, 5.41) is 5.89. The Hall–Kier alpha value is -2.69. The number of anilines is 2. The molecule has 4 N–H and O–H groups in total. The summed E-state index contributed by atoms with van der Waals surface area (Å²) in [6.07, 6.45) is 3.05. The highest BCUT2D eigenvalue weighted by molar-refractivity contribution is 6.33. The van der Waals surface area contributed by atoms with Crippen LogP contribution in [0.25, 0.3) is 11.2 Å². The number of rotatable bonds is 10. The van der Waals surface area contributed by atoms with Crippen molar-refractivity contribution in [1.82, 2.24) is 24.8 Å². The van der Waals surface area contributed by atoms with Crippen LogP contribution >= 0.6 is 23.2 Å². The predicted molar refractivity (Wildman–Crippen MR) is 118 cm³/mol. The highest BCUT2D eigenvalue weighted by atomic mass is 35.5. The number of hydrogen-bond donors (Lipinski definition) is 3. The van der Waals surface area contributed by atoms with E-state index in [0.717, 1.165) is 6.42 Å². The lowest BCUT2D eigenvalue weighted by Gasteiger charge is -2.09. The van der Waals surface area contributed by atoms with Gasteiger partial charge in [-0.25, -0.2) is 9.37 Å². The second kappa shape index (κ2) is 10.6. The zero-order chi connectivity index (χ0) is 22.4. The van der Waals surface area contributed by atoms with E-state index in [-0.39, 0.29) is 35.3 Å². The topological polar surface area (TPSA) is 120 Å². The number of nitrogen functional groups attached to an aromatic ring is 1. The van der Waals surface area contributed by atoms with Crippen LogP contribution in [-0.4, -0.2) is 45.7 Å². The molecule has 2 heterocycles. The molecule has 0 unspecified atom stereocenters. The molecule has 0 aliphatic rings. The Morgan fingerprint density at radius 2 is 2.03 bits per heavy atom. The number of halogens is 3. The average Bonchev–Trinajstić information content (AvgIpc) is 3.16. The first-order valence-electron chi connectivity index (χ1n) is 9.55. The zero-order valence-corrected chi connectivity index (χ0v) is 18.3. The highest BCUT2D eigenvalue weighted by Gasteiger charge is 2.13. The van der Waals surface area contributed by atoms with Gasteiger partial charge in [0.15, 0.2) is 11.5 Å². The van der Waals surface area contributed by atoms with Crippen molar-refractivity contribution < 1.29 is 13.9 Å². The Morgan fingerprint density at radius 3 is 2.81 bits per heavy atom. The fourth-order valence-electron chi connectivity index (χ4n) is 2.88. The molecule has 0 aliphatic heterocycles. The molecule has 0 aliphatic carbocycles. The summed E-state index contributed by atoms with van der Waals surface area (Å²) in [6.45, 7) is 0.891. The number of imidazole rings is 1. The quantitative estimate of drug-likeness (QED) is 0.235. The van der Waals surface area contributed by atoms with Gasteiger partial charge >= 0.3 is 5.97 Å². The molecule has 3 aromatic rings. The molecule has 2 aromatic heterocycles. The Bertz CT molecular complexity index is 1080. The van der Waals surface area contributed by atoms with Crippen LogP contribution in [0, 0.1) is 5.82 Å². The van der Waals surface area contributed by atoms with E-state index >= 15 is 0 Å². The van der Waals surface area contributed by atoms with E-state index in [0.29, 0.717) is 35.9 Å². The molecule has 0 bridgehead atoms. The van der Waals surface area contributed by atoms with Crippen LogP contribution in [0.5, 0.6) is 0 Å². The molecule has 1 aromatic carbocycles. The first kappa shape index (κ1) is 23.0. The van der Waals surface area contributed by atoms with Gasteiger partial charge in [0.1, 0.15) is 11.3 Å². The van der Waals surface area contributed by atoms with E-state index < -0.39 is 11.8 Å². The lowest BCUT2D eigenvalue weighted by atomic mass is 10.2. The molecule has 31 heavy (non-hydrogen) atoms. The van der Waals surface area contributed by atoms with Gasteiger partial charge in [0.2, 0.25) is 5.95 Å². The maximum atomic E-state index is 14.0. The number of carbonyl (C=O) groups excluding carboxylic acids is 1. The van der Waals surface area contributed by atoms with Crippen molar-refractivity contribution in [3.8, 4) is 0 Å². The van der Waals surface area contributed by atoms with Gasteiger partial charge in [0.25, 0.3) is 0 Å². The van der Waals surface area contributed by atoms with E-state index in [4.69, 9.17) is 33.7 Å². The number of aryl methyl sites for hydroxylation is 1. The second-order valence-electron chi connectivity index (χ2n) is 6.65. The minimum atomic E-state index is -0.601.